The van der Waals surface area contributed by atoms with E-state index in [4.69, 9.17) is 0 Å². The van der Waals surface area contributed by atoms with Crippen molar-refractivity contribution >= 4 is 12.0 Å². The highest BCUT2D eigenvalue weighted by atomic mass is 16.3. The molecule has 1 fully saturated rings. The van der Waals surface area contributed by atoms with Gasteiger partial charge in [0.05, 0.1) is 17.8 Å². The van der Waals surface area contributed by atoms with Crippen LogP contribution in [0, 0.1) is 11.8 Å². The number of allylic oxidation sites excluding steroid dienone is 1. The van der Waals surface area contributed by atoms with Gasteiger partial charge in [0, 0.05) is 55.5 Å². The summed E-state index contributed by atoms with van der Waals surface area (Å²) in [5.74, 6) is -0.333. The summed E-state index contributed by atoms with van der Waals surface area (Å²) in [4.78, 5) is 32.8. The number of carbonyl (C=O) groups excluding carboxylic acids is 1. The topological polar surface area (TPSA) is 87.5 Å². The lowest BCUT2D eigenvalue weighted by molar-refractivity contribution is -0.128. The van der Waals surface area contributed by atoms with Crippen molar-refractivity contribution in [2.24, 2.45) is 11.8 Å². The Kier molecular flexibility index (Phi) is 6.34. The van der Waals surface area contributed by atoms with E-state index in [1.165, 1.54) is 0 Å². The number of fused-ring (bicyclic) bond motifs is 3. The molecule has 1 saturated heterocycles. The van der Waals surface area contributed by atoms with Crippen LogP contribution < -0.4 is 10.9 Å². The molecule has 2 aliphatic rings. The highest BCUT2D eigenvalue weighted by Crippen LogP contribution is 2.49. The van der Waals surface area contributed by atoms with Crippen LogP contribution in [0.2, 0.25) is 0 Å². The largest absolute Gasteiger partial charge is 0.396 e. The molecule has 1 amide bonds. The van der Waals surface area contributed by atoms with Gasteiger partial charge in [0.2, 0.25) is 5.91 Å². The molecule has 0 aliphatic carbocycles. The van der Waals surface area contributed by atoms with Gasteiger partial charge in [0.25, 0.3) is 5.56 Å². The molecule has 2 aromatic rings. The zero-order valence-electron chi connectivity index (χ0n) is 18.1. The fourth-order valence-corrected chi connectivity index (χ4v) is 5.14. The van der Waals surface area contributed by atoms with Gasteiger partial charge < -0.3 is 15.0 Å². The first-order valence-corrected chi connectivity index (χ1v) is 11.0. The average Bonchev–Trinajstić information content (AvgIpc) is 3.30. The number of pyridine rings is 2. The average molecular weight is 423 g/mol. The lowest BCUT2D eigenvalue weighted by Crippen LogP contribution is -2.48. The van der Waals surface area contributed by atoms with Crippen LogP contribution in [0.25, 0.3) is 6.08 Å². The highest BCUT2D eigenvalue weighted by Gasteiger charge is 2.55. The van der Waals surface area contributed by atoms with Gasteiger partial charge in [-0.3, -0.25) is 19.5 Å². The van der Waals surface area contributed by atoms with E-state index >= 15 is 0 Å². The zero-order valence-corrected chi connectivity index (χ0v) is 18.1. The van der Waals surface area contributed by atoms with Crippen molar-refractivity contribution in [3.8, 4) is 0 Å². The number of amides is 1. The van der Waals surface area contributed by atoms with Crippen molar-refractivity contribution in [2.75, 3.05) is 13.2 Å². The number of likely N-dealkylation sites (tertiary alicyclic amines) is 1. The lowest BCUT2D eigenvalue weighted by Gasteiger charge is -2.30. The molecule has 2 N–H and O–H groups in total. The van der Waals surface area contributed by atoms with Crippen LogP contribution in [0.3, 0.4) is 0 Å². The van der Waals surface area contributed by atoms with E-state index < -0.39 is 6.04 Å². The number of hydrogen-bond acceptors (Lipinski definition) is 5. The monoisotopic (exact) mass is 422 g/mol. The van der Waals surface area contributed by atoms with Crippen LogP contribution in [0.4, 0.5) is 0 Å². The molecule has 4 atom stereocenters. The van der Waals surface area contributed by atoms with Crippen molar-refractivity contribution in [1.29, 1.82) is 0 Å². The van der Waals surface area contributed by atoms with E-state index in [2.05, 4.69) is 15.2 Å². The van der Waals surface area contributed by atoms with E-state index in [9.17, 15) is 14.7 Å². The van der Waals surface area contributed by atoms with E-state index in [-0.39, 0.29) is 36.0 Å². The van der Waals surface area contributed by atoms with E-state index in [0.29, 0.717) is 25.2 Å². The Balaban J connectivity index is 1.77. The SMILES string of the molecule is C/C=C\c1ccc2n(c1=O)C[C@H]1[C@H](CO)[C@@H](C(=O)NCCC)N(Cc3ccccn3)[C@@H]21. The van der Waals surface area contributed by atoms with Gasteiger partial charge in [-0.05, 0) is 37.6 Å². The first kappa shape index (κ1) is 21.5. The fourth-order valence-electron chi connectivity index (χ4n) is 5.14. The minimum atomic E-state index is -0.465. The third kappa shape index (κ3) is 3.83. The molecule has 4 rings (SSSR count). The Labute approximate surface area is 182 Å². The van der Waals surface area contributed by atoms with Gasteiger partial charge >= 0.3 is 0 Å². The summed E-state index contributed by atoms with van der Waals surface area (Å²) in [5.41, 5.74) is 2.40. The number of aliphatic hydroxyl groups excluding tert-OH is 1. The van der Waals surface area contributed by atoms with E-state index in [1.54, 1.807) is 6.20 Å². The van der Waals surface area contributed by atoms with Crippen molar-refractivity contribution < 1.29 is 9.90 Å². The van der Waals surface area contributed by atoms with Crippen molar-refractivity contribution in [2.45, 2.75) is 45.4 Å². The molecule has 2 aromatic heterocycles. The first-order chi connectivity index (χ1) is 15.1. The van der Waals surface area contributed by atoms with Crippen molar-refractivity contribution in [1.82, 2.24) is 19.8 Å². The normalized spacial score (nSPS) is 25.0. The molecule has 0 aromatic carbocycles. The second-order valence-corrected chi connectivity index (χ2v) is 8.31. The summed E-state index contributed by atoms with van der Waals surface area (Å²) in [5, 5.41) is 13.3. The minimum absolute atomic E-state index is 0.0142. The molecule has 2 aliphatic heterocycles. The van der Waals surface area contributed by atoms with Gasteiger partial charge in [-0.15, -0.1) is 0 Å². The number of carbonyl (C=O) groups is 1. The predicted octanol–water partition coefficient (Wildman–Crippen LogP) is 1.97. The molecule has 0 bridgehead atoms. The fraction of sp³-hybridized carbons (Fsp3) is 0.458. The molecule has 0 unspecified atom stereocenters. The Hall–Kier alpha value is -2.77. The number of nitrogens with one attached hydrogen (secondary N) is 1. The van der Waals surface area contributed by atoms with Crippen LogP contribution in [-0.4, -0.2) is 44.7 Å². The second-order valence-electron chi connectivity index (χ2n) is 8.31. The molecule has 0 saturated carbocycles. The second kappa shape index (κ2) is 9.16. The highest BCUT2D eigenvalue weighted by molar-refractivity contribution is 5.82. The molecule has 7 nitrogen and oxygen atoms in total. The first-order valence-electron chi connectivity index (χ1n) is 11.0. The standard InChI is InChI=1S/C24H30N4O3/c1-3-7-16-9-10-20-21-18(14-27(20)24(16)31)19(15-29)22(23(30)26-11-4-2)28(21)13-17-8-5-6-12-25-17/h3,5-10,12,18-19,21-22,29H,4,11,13-15H2,1-2H3,(H,26,30)/b7-3-/t18-,19-,21+,22-/m0/s1. The van der Waals surface area contributed by atoms with Gasteiger partial charge in [-0.1, -0.05) is 25.1 Å². The summed E-state index contributed by atoms with van der Waals surface area (Å²) < 4.78 is 1.82. The third-order valence-electron chi connectivity index (χ3n) is 6.46. The quantitative estimate of drug-likeness (QED) is 0.712. The molecule has 7 heteroatoms. The maximum Gasteiger partial charge on any atom is 0.258 e. The van der Waals surface area contributed by atoms with Crippen LogP contribution in [-0.2, 0) is 17.9 Å². The van der Waals surface area contributed by atoms with Crippen LogP contribution in [0.5, 0.6) is 0 Å². The Bertz CT molecular complexity index is 1020. The van der Waals surface area contributed by atoms with Crippen LogP contribution in [0.1, 0.15) is 43.3 Å². The molecule has 0 radical (unpaired) electrons. The number of nitrogens with zero attached hydrogens (tertiary/aromatic N) is 3. The molecule has 4 heterocycles. The molecule has 164 valence electrons. The van der Waals surface area contributed by atoms with Crippen molar-refractivity contribution in [3.05, 3.63) is 69.9 Å². The summed E-state index contributed by atoms with van der Waals surface area (Å²) in [6.07, 6.45) is 6.27. The Morgan fingerprint density at radius 2 is 2.16 bits per heavy atom. The smallest absolute Gasteiger partial charge is 0.258 e. The molecular weight excluding hydrogens is 392 g/mol. The zero-order chi connectivity index (χ0) is 22.0. The van der Waals surface area contributed by atoms with Gasteiger partial charge in [0.1, 0.15) is 0 Å². The number of aliphatic hydroxyl groups is 1. The molecular formula is C24H30N4O3. The number of rotatable bonds is 7. The van der Waals surface area contributed by atoms with Gasteiger partial charge in [-0.25, -0.2) is 0 Å². The minimum Gasteiger partial charge on any atom is -0.396 e. The predicted molar refractivity (Wildman–Crippen MR) is 119 cm³/mol. The molecule has 0 spiro atoms. The number of aromatic nitrogens is 2. The van der Waals surface area contributed by atoms with Gasteiger partial charge in [-0.2, -0.15) is 0 Å². The summed E-state index contributed by atoms with van der Waals surface area (Å²) in [7, 11) is 0. The summed E-state index contributed by atoms with van der Waals surface area (Å²) in [6.45, 7) is 5.39. The summed E-state index contributed by atoms with van der Waals surface area (Å²) in [6, 6.07) is 9.01. The summed E-state index contributed by atoms with van der Waals surface area (Å²) >= 11 is 0. The van der Waals surface area contributed by atoms with E-state index in [0.717, 1.165) is 17.8 Å². The van der Waals surface area contributed by atoms with Crippen molar-refractivity contribution in [3.63, 3.8) is 0 Å². The third-order valence-corrected chi connectivity index (χ3v) is 6.46. The Morgan fingerprint density at radius 3 is 2.84 bits per heavy atom. The van der Waals surface area contributed by atoms with Crippen LogP contribution in [0.15, 0.2) is 47.4 Å². The van der Waals surface area contributed by atoms with Gasteiger partial charge in [0.15, 0.2) is 0 Å². The number of hydrogen-bond donors (Lipinski definition) is 2. The molecule has 31 heavy (non-hydrogen) atoms. The Morgan fingerprint density at radius 1 is 1.32 bits per heavy atom. The van der Waals surface area contributed by atoms with E-state index in [1.807, 2.05) is 60.9 Å². The lowest BCUT2D eigenvalue weighted by atomic mass is 9.88. The maximum absolute atomic E-state index is 13.2. The maximum atomic E-state index is 13.2. The van der Waals surface area contributed by atoms with Crippen LogP contribution >= 0.6 is 0 Å².